The lowest BCUT2D eigenvalue weighted by atomic mass is 9.86. The molecule has 7 nitrogen and oxygen atoms in total. The van der Waals surface area contributed by atoms with Gasteiger partial charge in [0.15, 0.2) is 11.5 Å². The van der Waals surface area contributed by atoms with Crippen molar-refractivity contribution in [1.82, 2.24) is 9.78 Å². The van der Waals surface area contributed by atoms with Crippen molar-refractivity contribution < 1.29 is 23.9 Å². The van der Waals surface area contributed by atoms with E-state index in [-0.39, 0.29) is 42.3 Å². The Kier molecular flexibility index (Phi) is 6.72. The third-order valence-corrected chi connectivity index (χ3v) is 4.12. The van der Waals surface area contributed by atoms with Gasteiger partial charge in [-0.15, -0.1) is 0 Å². The molecule has 1 aromatic carbocycles. The van der Waals surface area contributed by atoms with Crippen LogP contribution in [0, 0.1) is 0 Å². The number of Topliss-reactive ketones (excluding diaryl/α,β-unsaturated/α-hetero) is 1. The number of ketones is 1. The predicted molar refractivity (Wildman–Crippen MR) is 104 cm³/mol. The Morgan fingerprint density at radius 1 is 0.964 bits per heavy atom. The molecule has 0 N–H and O–H groups in total. The van der Waals surface area contributed by atoms with Crippen molar-refractivity contribution in [2.45, 2.75) is 46.6 Å². The van der Waals surface area contributed by atoms with E-state index < -0.39 is 11.9 Å². The van der Waals surface area contributed by atoms with Crippen LogP contribution in [0.5, 0.6) is 0 Å². The summed E-state index contributed by atoms with van der Waals surface area (Å²) in [5.41, 5.74) is 1.58. The predicted octanol–water partition coefficient (Wildman–Crippen LogP) is 3.42. The van der Waals surface area contributed by atoms with Crippen molar-refractivity contribution in [2.24, 2.45) is 0 Å². The maximum Gasteiger partial charge on any atom is 0.358 e. The molecule has 0 saturated carbocycles. The summed E-state index contributed by atoms with van der Waals surface area (Å²) < 4.78 is 11.1. The van der Waals surface area contributed by atoms with Crippen LogP contribution in [0.15, 0.2) is 30.3 Å². The van der Waals surface area contributed by atoms with Crippen LogP contribution >= 0.6 is 0 Å². The van der Waals surface area contributed by atoms with Crippen molar-refractivity contribution in [3.8, 4) is 0 Å². The average molecular weight is 386 g/mol. The zero-order valence-corrected chi connectivity index (χ0v) is 16.9. The smallest absolute Gasteiger partial charge is 0.358 e. The van der Waals surface area contributed by atoms with E-state index in [1.165, 1.54) is 10.7 Å². The maximum absolute atomic E-state index is 12.7. The molecule has 2 aromatic rings. The summed E-state index contributed by atoms with van der Waals surface area (Å²) in [4.78, 5) is 36.8. The minimum atomic E-state index is -0.659. The average Bonchev–Trinajstić information content (AvgIpc) is 3.05. The Morgan fingerprint density at radius 2 is 1.54 bits per heavy atom. The van der Waals surface area contributed by atoms with Gasteiger partial charge in [0.25, 0.3) is 0 Å². The van der Waals surface area contributed by atoms with Crippen LogP contribution in [0.25, 0.3) is 0 Å². The van der Waals surface area contributed by atoms with E-state index in [0.29, 0.717) is 5.56 Å². The van der Waals surface area contributed by atoms with Crippen molar-refractivity contribution in [2.75, 3.05) is 13.2 Å². The molecule has 0 aliphatic rings. The molecule has 0 saturated heterocycles. The Balaban J connectivity index is 2.29. The lowest BCUT2D eigenvalue weighted by Gasteiger charge is -2.19. The number of carbonyl (C=O) groups is 3. The molecule has 0 aliphatic heterocycles. The van der Waals surface area contributed by atoms with Gasteiger partial charge in [0.05, 0.1) is 13.2 Å². The summed E-state index contributed by atoms with van der Waals surface area (Å²) in [7, 11) is 0. The molecule has 0 bridgehead atoms. The summed E-state index contributed by atoms with van der Waals surface area (Å²) in [6.45, 7) is 9.78. The zero-order valence-electron chi connectivity index (χ0n) is 16.9. The number of rotatable bonds is 7. The molecule has 7 heteroatoms. The Bertz CT molecular complexity index is 860. The normalized spacial score (nSPS) is 11.2. The van der Waals surface area contributed by atoms with Crippen LogP contribution in [0.3, 0.4) is 0 Å². The highest BCUT2D eigenvalue weighted by Crippen LogP contribution is 2.22. The standard InChI is InChI=1S/C21H26N2O5/c1-6-27-19(25)16-12-17(20(26)28-7-2)23(22-16)13-18(24)14-8-10-15(11-9-14)21(3,4)5/h8-12H,6-7,13H2,1-5H3. The monoisotopic (exact) mass is 386 g/mol. The second kappa shape index (κ2) is 8.82. The molecule has 0 amide bonds. The van der Waals surface area contributed by atoms with Gasteiger partial charge < -0.3 is 9.47 Å². The van der Waals surface area contributed by atoms with Gasteiger partial charge in [-0.05, 0) is 24.8 Å². The van der Waals surface area contributed by atoms with Gasteiger partial charge in [-0.2, -0.15) is 5.10 Å². The molecule has 2 rings (SSSR count). The Morgan fingerprint density at radius 3 is 2.07 bits per heavy atom. The highest BCUT2D eigenvalue weighted by Gasteiger charge is 2.23. The van der Waals surface area contributed by atoms with Crippen molar-refractivity contribution in [3.63, 3.8) is 0 Å². The fourth-order valence-corrected chi connectivity index (χ4v) is 2.59. The number of aromatic nitrogens is 2. The van der Waals surface area contributed by atoms with Gasteiger partial charge in [0.2, 0.25) is 0 Å². The van der Waals surface area contributed by atoms with Gasteiger partial charge >= 0.3 is 11.9 Å². The molecular formula is C21H26N2O5. The van der Waals surface area contributed by atoms with E-state index in [2.05, 4.69) is 25.9 Å². The van der Waals surface area contributed by atoms with Gasteiger partial charge in [0, 0.05) is 11.6 Å². The van der Waals surface area contributed by atoms with E-state index >= 15 is 0 Å². The number of ether oxygens (including phenoxy) is 2. The minimum absolute atomic E-state index is 0.0187. The SMILES string of the molecule is CCOC(=O)c1cc(C(=O)OCC)n(CC(=O)c2ccc(C(C)(C)C)cc2)n1. The lowest BCUT2D eigenvalue weighted by Crippen LogP contribution is -2.19. The van der Waals surface area contributed by atoms with Crippen LogP contribution in [-0.2, 0) is 21.4 Å². The first-order valence-corrected chi connectivity index (χ1v) is 9.23. The molecule has 0 atom stereocenters. The summed E-state index contributed by atoms with van der Waals surface area (Å²) >= 11 is 0. The Hall–Kier alpha value is -2.96. The first kappa shape index (κ1) is 21.3. The van der Waals surface area contributed by atoms with Crippen LogP contribution in [0.1, 0.15) is 71.5 Å². The number of hydrogen-bond donors (Lipinski definition) is 0. The first-order valence-electron chi connectivity index (χ1n) is 9.23. The Labute approximate surface area is 164 Å². The van der Waals surface area contributed by atoms with Crippen LogP contribution in [-0.4, -0.2) is 40.7 Å². The second-order valence-electron chi connectivity index (χ2n) is 7.26. The van der Waals surface area contributed by atoms with Gasteiger partial charge in [-0.25, -0.2) is 14.3 Å². The van der Waals surface area contributed by atoms with E-state index in [0.717, 1.165) is 5.56 Å². The van der Waals surface area contributed by atoms with E-state index in [1.54, 1.807) is 26.0 Å². The zero-order chi connectivity index (χ0) is 20.9. The summed E-state index contributed by atoms with van der Waals surface area (Å²) in [5.74, 6) is -1.54. The molecule has 0 unspecified atom stereocenters. The van der Waals surface area contributed by atoms with E-state index in [9.17, 15) is 14.4 Å². The summed E-state index contributed by atoms with van der Waals surface area (Å²) in [6.07, 6.45) is 0. The molecule has 0 spiro atoms. The third-order valence-electron chi connectivity index (χ3n) is 4.12. The van der Waals surface area contributed by atoms with Crippen LogP contribution in [0.4, 0.5) is 0 Å². The van der Waals surface area contributed by atoms with E-state index in [4.69, 9.17) is 9.47 Å². The maximum atomic E-state index is 12.7. The van der Waals surface area contributed by atoms with Crippen molar-refractivity contribution >= 4 is 17.7 Å². The molecule has 0 fully saturated rings. The molecular weight excluding hydrogens is 360 g/mol. The minimum Gasteiger partial charge on any atom is -0.461 e. The lowest BCUT2D eigenvalue weighted by molar-refractivity contribution is 0.0505. The van der Waals surface area contributed by atoms with Gasteiger partial charge in [-0.1, -0.05) is 45.0 Å². The number of carbonyl (C=O) groups excluding carboxylic acids is 3. The quantitative estimate of drug-likeness (QED) is 0.535. The number of nitrogens with zero attached hydrogens (tertiary/aromatic N) is 2. The second-order valence-corrected chi connectivity index (χ2v) is 7.26. The van der Waals surface area contributed by atoms with Gasteiger partial charge in [-0.3, -0.25) is 4.79 Å². The highest BCUT2D eigenvalue weighted by atomic mass is 16.5. The third kappa shape index (κ3) is 5.06. The van der Waals surface area contributed by atoms with Crippen LogP contribution in [0.2, 0.25) is 0 Å². The fraction of sp³-hybridized carbons (Fsp3) is 0.429. The summed E-state index contributed by atoms with van der Waals surface area (Å²) in [5, 5.41) is 4.07. The molecule has 28 heavy (non-hydrogen) atoms. The fourth-order valence-electron chi connectivity index (χ4n) is 2.59. The summed E-state index contributed by atoms with van der Waals surface area (Å²) in [6, 6.07) is 8.61. The molecule has 0 aliphatic carbocycles. The number of esters is 2. The number of hydrogen-bond acceptors (Lipinski definition) is 6. The number of benzene rings is 1. The first-order chi connectivity index (χ1) is 13.2. The van der Waals surface area contributed by atoms with Gasteiger partial charge in [0.1, 0.15) is 12.2 Å². The van der Waals surface area contributed by atoms with Crippen molar-refractivity contribution in [3.05, 3.63) is 52.8 Å². The molecule has 0 radical (unpaired) electrons. The van der Waals surface area contributed by atoms with Crippen molar-refractivity contribution in [1.29, 1.82) is 0 Å². The topological polar surface area (TPSA) is 87.5 Å². The van der Waals surface area contributed by atoms with E-state index in [1.807, 2.05) is 12.1 Å². The highest BCUT2D eigenvalue weighted by molar-refractivity contribution is 5.97. The molecule has 150 valence electrons. The largest absolute Gasteiger partial charge is 0.461 e. The molecule has 1 heterocycles. The van der Waals surface area contributed by atoms with Crippen LogP contribution < -0.4 is 0 Å². The molecule has 1 aromatic heterocycles.